The molecule has 0 saturated carbocycles. The summed E-state index contributed by atoms with van der Waals surface area (Å²) in [6, 6.07) is 0. The molecule has 0 spiro atoms. The number of hydrogen-bond acceptors (Lipinski definition) is 0. The Kier molecular flexibility index (Phi) is 14.4. The van der Waals surface area contributed by atoms with Crippen molar-refractivity contribution in [3.8, 4) is 0 Å². The lowest BCUT2D eigenvalue weighted by Gasteiger charge is -2.14. The fourth-order valence-corrected chi connectivity index (χ4v) is 2.94. The minimum Gasteiger partial charge on any atom is -0.0654 e. The van der Waals surface area contributed by atoms with Crippen molar-refractivity contribution in [3.05, 3.63) is 0 Å². The molecule has 0 aromatic rings. The minimum absolute atomic E-state index is 0.962. The van der Waals surface area contributed by atoms with Gasteiger partial charge in [-0.1, -0.05) is 111 Å². The smallest absolute Gasteiger partial charge is 0.0443 e. The van der Waals surface area contributed by atoms with Crippen molar-refractivity contribution >= 4 is 0 Å². The minimum atomic E-state index is 0.962. The maximum Gasteiger partial charge on any atom is -0.0443 e. The summed E-state index contributed by atoms with van der Waals surface area (Å²) in [5.74, 6) is 1.92. The van der Waals surface area contributed by atoms with Crippen molar-refractivity contribution in [2.45, 2.75) is 111 Å². The highest BCUT2D eigenvalue weighted by Crippen LogP contribution is 2.21. The van der Waals surface area contributed by atoms with Crippen molar-refractivity contribution in [1.29, 1.82) is 0 Å². The summed E-state index contributed by atoms with van der Waals surface area (Å²) in [5, 5.41) is 0. The Balaban J connectivity index is 3.30. The fourth-order valence-electron chi connectivity index (χ4n) is 2.94. The third kappa shape index (κ3) is 14.2. The lowest BCUT2D eigenvalue weighted by Crippen LogP contribution is -1.99. The molecule has 0 bridgehead atoms. The molecule has 0 rings (SSSR count). The Morgan fingerprint density at radius 2 is 0.842 bits per heavy atom. The van der Waals surface area contributed by atoms with Crippen LogP contribution in [-0.2, 0) is 0 Å². The normalized spacial score (nSPS) is 14.5. The molecule has 19 heavy (non-hydrogen) atoms. The molecule has 0 aromatic carbocycles. The molecule has 0 heterocycles. The number of unbranched alkanes of at least 4 members (excludes halogenated alkanes) is 6. The summed E-state index contributed by atoms with van der Waals surface area (Å²) in [5.41, 5.74) is 0. The molecule has 0 amide bonds. The van der Waals surface area contributed by atoms with E-state index in [4.69, 9.17) is 0 Å². The van der Waals surface area contributed by atoms with Gasteiger partial charge in [0.15, 0.2) is 0 Å². The summed E-state index contributed by atoms with van der Waals surface area (Å²) in [4.78, 5) is 0. The largest absolute Gasteiger partial charge is 0.0654 e. The predicted octanol–water partition coefficient (Wildman–Crippen LogP) is 7.37. The standard InChI is InChI=1S/C19H40/c1-5-7-9-11-14-18(3)16-13-17-19(4)15-12-10-8-6-2/h18-19H,5-17H2,1-4H3/t18-,19+. The van der Waals surface area contributed by atoms with E-state index in [9.17, 15) is 0 Å². The molecule has 2 atom stereocenters. The second-order valence-corrected chi connectivity index (χ2v) is 6.84. The Labute approximate surface area is 123 Å². The molecule has 0 nitrogen and oxygen atoms in total. The summed E-state index contributed by atoms with van der Waals surface area (Å²) >= 11 is 0. The number of hydrogen-bond donors (Lipinski definition) is 0. The average molecular weight is 269 g/mol. The van der Waals surface area contributed by atoms with E-state index in [-0.39, 0.29) is 0 Å². The van der Waals surface area contributed by atoms with Gasteiger partial charge >= 0.3 is 0 Å². The molecule has 0 unspecified atom stereocenters. The maximum absolute atomic E-state index is 2.46. The van der Waals surface area contributed by atoms with Gasteiger partial charge < -0.3 is 0 Å². The third-order valence-corrected chi connectivity index (χ3v) is 4.49. The zero-order chi connectivity index (χ0) is 14.3. The van der Waals surface area contributed by atoms with Gasteiger partial charge in [-0.3, -0.25) is 0 Å². The summed E-state index contributed by atoms with van der Waals surface area (Å²) in [6.07, 6.45) is 18.7. The monoisotopic (exact) mass is 268 g/mol. The SMILES string of the molecule is CCCCCC[C@@H](C)CCC[C@@H](C)CCCCCC. The molecule has 0 N–H and O–H groups in total. The van der Waals surface area contributed by atoms with E-state index in [1.165, 1.54) is 83.5 Å². The van der Waals surface area contributed by atoms with Crippen molar-refractivity contribution in [2.24, 2.45) is 11.8 Å². The first-order chi connectivity index (χ1) is 9.20. The molecule has 0 aliphatic carbocycles. The van der Waals surface area contributed by atoms with Crippen LogP contribution in [0.15, 0.2) is 0 Å². The Morgan fingerprint density at radius 3 is 1.21 bits per heavy atom. The molecule has 0 fully saturated rings. The Hall–Kier alpha value is 0. The van der Waals surface area contributed by atoms with Gasteiger partial charge in [-0.05, 0) is 11.8 Å². The van der Waals surface area contributed by atoms with Crippen molar-refractivity contribution in [1.82, 2.24) is 0 Å². The highest BCUT2D eigenvalue weighted by Gasteiger charge is 2.05. The quantitative estimate of drug-likeness (QED) is 0.288. The van der Waals surface area contributed by atoms with Crippen LogP contribution in [-0.4, -0.2) is 0 Å². The average Bonchev–Trinajstić information content (AvgIpc) is 2.40. The van der Waals surface area contributed by atoms with Crippen LogP contribution in [0.2, 0.25) is 0 Å². The van der Waals surface area contributed by atoms with Gasteiger partial charge in [0.25, 0.3) is 0 Å². The van der Waals surface area contributed by atoms with E-state index >= 15 is 0 Å². The zero-order valence-electron chi connectivity index (χ0n) is 14.3. The van der Waals surface area contributed by atoms with E-state index in [1.54, 1.807) is 0 Å². The van der Waals surface area contributed by atoms with Gasteiger partial charge in [0.1, 0.15) is 0 Å². The molecular formula is C19H40. The molecule has 0 heteroatoms. The van der Waals surface area contributed by atoms with Gasteiger partial charge in [0.2, 0.25) is 0 Å². The first-order valence-corrected chi connectivity index (χ1v) is 9.20. The predicted molar refractivity (Wildman–Crippen MR) is 89.7 cm³/mol. The zero-order valence-corrected chi connectivity index (χ0v) is 14.3. The molecule has 0 aliphatic heterocycles. The molecular weight excluding hydrogens is 228 g/mol. The van der Waals surface area contributed by atoms with E-state index < -0.39 is 0 Å². The summed E-state index contributed by atoms with van der Waals surface area (Å²) < 4.78 is 0. The van der Waals surface area contributed by atoms with Gasteiger partial charge in [0, 0.05) is 0 Å². The highest BCUT2D eigenvalue weighted by atomic mass is 14.1. The van der Waals surface area contributed by atoms with E-state index in [0.29, 0.717) is 0 Å². The van der Waals surface area contributed by atoms with Crippen molar-refractivity contribution in [2.75, 3.05) is 0 Å². The van der Waals surface area contributed by atoms with Crippen LogP contribution in [0.1, 0.15) is 111 Å². The van der Waals surface area contributed by atoms with Gasteiger partial charge in [0.05, 0.1) is 0 Å². The molecule has 0 saturated heterocycles. The lowest BCUT2D eigenvalue weighted by molar-refractivity contribution is 0.392. The van der Waals surface area contributed by atoms with Crippen LogP contribution in [0.5, 0.6) is 0 Å². The second kappa shape index (κ2) is 14.4. The first kappa shape index (κ1) is 19.0. The fraction of sp³-hybridized carbons (Fsp3) is 1.00. The van der Waals surface area contributed by atoms with Crippen molar-refractivity contribution in [3.63, 3.8) is 0 Å². The van der Waals surface area contributed by atoms with Gasteiger partial charge in [-0.2, -0.15) is 0 Å². The van der Waals surface area contributed by atoms with Crippen LogP contribution < -0.4 is 0 Å². The topological polar surface area (TPSA) is 0 Å². The van der Waals surface area contributed by atoms with Crippen LogP contribution >= 0.6 is 0 Å². The van der Waals surface area contributed by atoms with Crippen LogP contribution in [0, 0.1) is 11.8 Å². The van der Waals surface area contributed by atoms with E-state index in [2.05, 4.69) is 27.7 Å². The second-order valence-electron chi connectivity index (χ2n) is 6.84. The first-order valence-electron chi connectivity index (χ1n) is 9.20. The molecule has 0 aliphatic rings. The Morgan fingerprint density at radius 1 is 0.474 bits per heavy atom. The molecule has 0 radical (unpaired) electrons. The summed E-state index contributed by atoms with van der Waals surface area (Å²) in [7, 11) is 0. The number of rotatable bonds is 14. The molecule has 0 aromatic heterocycles. The van der Waals surface area contributed by atoms with Crippen molar-refractivity contribution < 1.29 is 0 Å². The van der Waals surface area contributed by atoms with Crippen LogP contribution in [0.25, 0.3) is 0 Å². The Bertz CT molecular complexity index is 143. The van der Waals surface area contributed by atoms with Crippen LogP contribution in [0.4, 0.5) is 0 Å². The molecule has 116 valence electrons. The lowest BCUT2D eigenvalue weighted by atomic mass is 9.92. The van der Waals surface area contributed by atoms with Crippen LogP contribution in [0.3, 0.4) is 0 Å². The highest BCUT2D eigenvalue weighted by molar-refractivity contribution is 4.59. The maximum atomic E-state index is 2.46. The van der Waals surface area contributed by atoms with Gasteiger partial charge in [-0.15, -0.1) is 0 Å². The van der Waals surface area contributed by atoms with E-state index in [1.807, 2.05) is 0 Å². The van der Waals surface area contributed by atoms with E-state index in [0.717, 1.165) is 11.8 Å². The van der Waals surface area contributed by atoms with Gasteiger partial charge in [-0.25, -0.2) is 0 Å². The summed E-state index contributed by atoms with van der Waals surface area (Å²) in [6.45, 7) is 9.51. The third-order valence-electron chi connectivity index (χ3n) is 4.49.